The van der Waals surface area contributed by atoms with Gasteiger partial charge in [-0.25, -0.2) is 0 Å². The van der Waals surface area contributed by atoms with Gasteiger partial charge in [0.25, 0.3) is 11.8 Å². The summed E-state index contributed by atoms with van der Waals surface area (Å²) in [6.45, 7) is 5.07. The molecule has 6 nitrogen and oxygen atoms in total. The lowest BCUT2D eigenvalue weighted by molar-refractivity contribution is -0.128. The van der Waals surface area contributed by atoms with Crippen molar-refractivity contribution in [2.45, 2.75) is 39.7 Å². The molecule has 0 radical (unpaired) electrons. The predicted molar refractivity (Wildman–Crippen MR) is 79.3 cm³/mol. The predicted octanol–water partition coefficient (Wildman–Crippen LogP) is 1.06. The minimum Gasteiger partial charge on any atom is -0.344 e. The zero-order chi connectivity index (χ0) is 15.8. The van der Waals surface area contributed by atoms with Crippen LogP contribution < -0.4 is 16.2 Å². The third-order valence-corrected chi connectivity index (χ3v) is 2.96. The van der Waals surface area contributed by atoms with Gasteiger partial charge in [-0.3, -0.25) is 25.2 Å². The molecule has 0 unspecified atom stereocenters. The Morgan fingerprint density at radius 2 is 1.81 bits per heavy atom. The van der Waals surface area contributed by atoms with E-state index in [1.165, 1.54) is 6.92 Å². The fourth-order valence-electron chi connectivity index (χ4n) is 1.90. The van der Waals surface area contributed by atoms with E-state index in [1.54, 1.807) is 12.1 Å². The molecule has 0 saturated heterocycles. The van der Waals surface area contributed by atoms with Crippen LogP contribution in [0.2, 0.25) is 0 Å². The standard InChI is InChI=1S/C15H21N3O3/c1-4-7-13(16-11(3)19)15(21)18-17-14(20)12-9-6-5-8-10(12)2/h5-6,8-9,13H,4,7H2,1-3H3,(H,16,19)(H,17,20)(H,18,21)/t13-/m0/s1. The number of rotatable bonds is 5. The fourth-order valence-corrected chi connectivity index (χ4v) is 1.90. The molecule has 1 aromatic rings. The maximum atomic E-state index is 12.0. The lowest BCUT2D eigenvalue weighted by atomic mass is 10.1. The van der Waals surface area contributed by atoms with E-state index in [9.17, 15) is 14.4 Å². The Balaban J connectivity index is 2.60. The summed E-state index contributed by atoms with van der Waals surface area (Å²) in [6, 6.07) is 6.42. The normalized spacial score (nSPS) is 11.4. The molecule has 6 heteroatoms. The number of nitrogens with one attached hydrogen (secondary N) is 3. The number of carbonyl (C=O) groups is 3. The highest BCUT2D eigenvalue weighted by Gasteiger charge is 2.19. The molecule has 0 aromatic heterocycles. The van der Waals surface area contributed by atoms with Crippen LogP contribution in [0.25, 0.3) is 0 Å². The summed E-state index contributed by atoms with van der Waals surface area (Å²) in [7, 11) is 0. The van der Waals surface area contributed by atoms with Crippen LogP contribution in [0.3, 0.4) is 0 Å². The van der Waals surface area contributed by atoms with E-state index in [0.29, 0.717) is 12.0 Å². The third-order valence-electron chi connectivity index (χ3n) is 2.96. The molecule has 0 spiro atoms. The minimum atomic E-state index is -0.648. The monoisotopic (exact) mass is 291 g/mol. The van der Waals surface area contributed by atoms with Gasteiger partial charge in [0.05, 0.1) is 0 Å². The van der Waals surface area contributed by atoms with Gasteiger partial charge in [0.15, 0.2) is 0 Å². The second kappa shape index (κ2) is 8.04. The smallest absolute Gasteiger partial charge is 0.269 e. The number of amides is 3. The van der Waals surface area contributed by atoms with Crippen LogP contribution in [0.15, 0.2) is 24.3 Å². The Bertz CT molecular complexity index is 529. The highest BCUT2D eigenvalue weighted by Crippen LogP contribution is 2.06. The Hall–Kier alpha value is -2.37. The van der Waals surface area contributed by atoms with Gasteiger partial charge in [-0.1, -0.05) is 31.5 Å². The minimum absolute atomic E-state index is 0.283. The van der Waals surface area contributed by atoms with Crippen molar-refractivity contribution in [3.63, 3.8) is 0 Å². The summed E-state index contributed by atoms with van der Waals surface area (Å²) < 4.78 is 0. The molecule has 0 heterocycles. The van der Waals surface area contributed by atoms with Gasteiger partial charge in [0.2, 0.25) is 5.91 Å². The Labute approximate surface area is 124 Å². The molecule has 1 rings (SSSR count). The lowest BCUT2D eigenvalue weighted by Crippen LogP contribution is -2.52. The summed E-state index contributed by atoms with van der Waals surface area (Å²) in [5.41, 5.74) is 6.01. The van der Waals surface area contributed by atoms with Crippen molar-refractivity contribution in [1.82, 2.24) is 16.2 Å². The summed E-state index contributed by atoms with van der Waals surface area (Å²) in [6.07, 6.45) is 1.25. The Kier molecular flexibility index (Phi) is 6.39. The molecule has 21 heavy (non-hydrogen) atoms. The number of hydrogen-bond donors (Lipinski definition) is 3. The van der Waals surface area contributed by atoms with Crippen LogP contribution in [0, 0.1) is 6.92 Å². The van der Waals surface area contributed by atoms with Crippen molar-refractivity contribution in [3.8, 4) is 0 Å². The Morgan fingerprint density at radius 1 is 1.14 bits per heavy atom. The second-order valence-corrected chi connectivity index (χ2v) is 4.80. The molecule has 0 aliphatic carbocycles. The topological polar surface area (TPSA) is 87.3 Å². The van der Waals surface area contributed by atoms with E-state index in [2.05, 4.69) is 16.2 Å². The maximum absolute atomic E-state index is 12.0. The van der Waals surface area contributed by atoms with Crippen molar-refractivity contribution in [2.24, 2.45) is 0 Å². The zero-order valence-corrected chi connectivity index (χ0v) is 12.5. The maximum Gasteiger partial charge on any atom is 0.269 e. The van der Waals surface area contributed by atoms with E-state index in [-0.39, 0.29) is 11.8 Å². The summed E-state index contributed by atoms with van der Waals surface area (Å²) in [5.74, 6) is -1.11. The molecule has 0 fully saturated rings. The van der Waals surface area contributed by atoms with Gasteiger partial charge in [-0.2, -0.15) is 0 Å². The van der Waals surface area contributed by atoms with Crippen LogP contribution in [-0.4, -0.2) is 23.8 Å². The van der Waals surface area contributed by atoms with Crippen LogP contribution in [0.1, 0.15) is 42.6 Å². The van der Waals surface area contributed by atoms with E-state index in [0.717, 1.165) is 12.0 Å². The fraction of sp³-hybridized carbons (Fsp3) is 0.400. The van der Waals surface area contributed by atoms with Crippen molar-refractivity contribution in [2.75, 3.05) is 0 Å². The van der Waals surface area contributed by atoms with Crippen molar-refractivity contribution in [3.05, 3.63) is 35.4 Å². The van der Waals surface area contributed by atoms with Gasteiger partial charge in [0.1, 0.15) is 6.04 Å². The number of benzene rings is 1. The molecule has 0 aliphatic heterocycles. The van der Waals surface area contributed by atoms with Crippen LogP contribution in [0.4, 0.5) is 0 Å². The van der Waals surface area contributed by atoms with E-state index >= 15 is 0 Å². The number of aryl methyl sites for hydroxylation is 1. The van der Waals surface area contributed by atoms with Gasteiger partial charge in [-0.15, -0.1) is 0 Å². The number of carbonyl (C=O) groups excluding carboxylic acids is 3. The molecule has 0 bridgehead atoms. The van der Waals surface area contributed by atoms with Crippen molar-refractivity contribution >= 4 is 17.7 Å². The molecular formula is C15H21N3O3. The van der Waals surface area contributed by atoms with Gasteiger partial charge in [0, 0.05) is 12.5 Å². The van der Waals surface area contributed by atoms with Crippen LogP contribution >= 0.6 is 0 Å². The van der Waals surface area contributed by atoms with E-state index in [1.807, 2.05) is 26.0 Å². The number of hydrogen-bond acceptors (Lipinski definition) is 3. The van der Waals surface area contributed by atoms with Crippen molar-refractivity contribution < 1.29 is 14.4 Å². The summed E-state index contributed by atoms with van der Waals surface area (Å²) in [5, 5.41) is 2.55. The Morgan fingerprint density at radius 3 is 2.38 bits per heavy atom. The molecule has 1 atom stereocenters. The molecular weight excluding hydrogens is 270 g/mol. The molecule has 0 saturated carbocycles. The third kappa shape index (κ3) is 5.25. The first-order valence-corrected chi connectivity index (χ1v) is 6.88. The average molecular weight is 291 g/mol. The molecule has 3 N–H and O–H groups in total. The lowest BCUT2D eigenvalue weighted by Gasteiger charge is -2.17. The summed E-state index contributed by atoms with van der Waals surface area (Å²) in [4.78, 5) is 35.0. The summed E-state index contributed by atoms with van der Waals surface area (Å²) >= 11 is 0. The van der Waals surface area contributed by atoms with E-state index < -0.39 is 11.9 Å². The molecule has 114 valence electrons. The first-order chi connectivity index (χ1) is 9.95. The number of hydrazine groups is 1. The SMILES string of the molecule is CCC[C@H](NC(C)=O)C(=O)NNC(=O)c1ccccc1C. The largest absolute Gasteiger partial charge is 0.344 e. The first kappa shape index (κ1) is 16.7. The zero-order valence-electron chi connectivity index (χ0n) is 12.5. The second-order valence-electron chi connectivity index (χ2n) is 4.80. The van der Waals surface area contributed by atoms with Crippen LogP contribution in [0.5, 0.6) is 0 Å². The molecule has 1 aromatic carbocycles. The first-order valence-electron chi connectivity index (χ1n) is 6.88. The van der Waals surface area contributed by atoms with Gasteiger partial charge >= 0.3 is 0 Å². The average Bonchev–Trinajstić information content (AvgIpc) is 2.44. The highest BCUT2D eigenvalue weighted by molar-refractivity contribution is 5.97. The van der Waals surface area contributed by atoms with E-state index in [4.69, 9.17) is 0 Å². The van der Waals surface area contributed by atoms with Crippen molar-refractivity contribution in [1.29, 1.82) is 0 Å². The highest BCUT2D eigenvalue weighted by atomic mass is 16.2. The van der Waals surface area contributed by atoms with Gasteiger partial charge < -0.3 is 5.32 Å². The van der Waals surface area contributed by atoms with Crippen LogP contribution in [-0.2, 0) is 9.59 Å². The molecule has 3 amide bonds. The molecule has 0 aliphatic rings. The van der Waals surface area contributed by atoms with Gasteiger partial charge in [-0.05, 0) is 25.0 Å². The quantitative estimate of drug-likeness (QED) is 0.709.